The van der Waals surface area contributed by atoms with E-state index in [1.165, 1.54) is 39.8 Å². The maximum atomic E-state index is 12.4. The molecule has 1 atom stereocenters. The zero-order chi connectivity index (χ0) is 15.7. The Kier molecular flexibility index (Phi) is 4.52. The lowest BCUT2D eigenvalue weighted by Crippen LogP contribution is -2.51. The quantitative estimate of drug-likeness (QED) is 0.630. The third-order valence-corrected chi connectivity index (χ3v) is 4.96. The van der Waals surface area contributed by atoms with Crippen molar-refractivity contribution in [3.05, 3.63) is 33.9 Å². The summed E-state index contributed by atoms with van der Waals surface area (Å²) in [7, 11) is -4.12. The van der Waals surface area contributed by atoms with Gasteiger partial charge in [0, 0.05) is 6.07 Å². The molecule has 1 aromatic carbocycles. The molecule has 0 saturated carbocycles. The van der Waals surface area contributed by atoms with Gasteiger partial charge in [-0.05, 0) is 33.3 Å². The van der Waals surface area contributed by atoms with Crippen LogP contribution >= 0.6 is 0 Å². The number of rotatable bonds is 5. The van der Waals surface area contributed by atoms with E-state index in [9.17, 15) is 23.6 Å². The first kappa shape index (κ1) is 16.5. The van der Waals surface area contributed by atoms with Gasteiger partial charge in [0.15, 0.2) is 4.90 Å². The molecule has 1 rings (SSSR count). The molecular weight excluding hydrogens is 284 g/mol. The number of nitrogens with one attached hydrogen (secondary N) is 1. The fourth-order valence-electron chi connectivity index (χ4n) is 1.61. The van der Waals surface area contributed by atoms with Crippen molar-refractivity contribution in [3.63, 3.8) is 0 Å². The fraction of sp³-hybridized carbons (Fsp3) is 0.500. The molecule has 1 aromatic rings. The first-order valence-electron chi connectivity index (χ1n) is 5.95. The molecule has 8 heteroatoms. The Morgan fingerprint density at radius 2 is 1.95 bits per heavy atom. The van der Waals surface area contributed by atoms with Gasteiger partial charge in [0.05, 0.1) is 16.6 Å². The van der Waals surface area contributed by atoms with Crippen LogP contribution in [0.25, 0.3) is 0 Å². The molecule has 0 radical (unpaired) electrons. The van der Waals surface area contributed by atoms with E-state index in [4.69, 9.17) is 0 Å². The van der Waals surface area contributed by atoms with Gasteiger partial charge in [-0.25, -0.2) is 13.1 Å². The Balaban J connectivity index is 3.41. The first-order valence-corrected chi connectivity index (χ1v) is 7.43. The number of nitrogens with zero attached hydrogens (tertiary/aromatic N) is 1. The van der Waals surface area contributed by atoms with E-state index in [0.717, 1.165) is 6.07 Å². The van der Waals surface area contributed by atoms with Crippen molar-refractivity contribution < 1.29 is 18.4 Å². The summed E-state index contributed by atoms with van der Waals surface area (Å²) in [5, 5.41) is 20.6. The highest BCUT2D eigenvalue weighted by atomic mass is 32.2. The summed E-state index contributed by atoms with van der Waals surface area (Å²) < 4.78 is 27.0. The minimum Gasteiger partial charge on any atom is -0.391 e. The summed E-state index contributed by atoms with van der Waals surface area (Å²) >= 11 is 0. The molecule has 112 valence electrons. The second-order valence-electron chi connectivity index (χ2n) is 5.18. The highest BCUT2D eigenvalue weighted by Gasteiger charge is 2.35. The predicted octanol–water partition coefficient (Wildman–Crippen LogP) is 1.34. The SMILES string of the molecule is Cc1cccc([N+](=O)[O-])c1S(=O)(=O)NC(C)(C)C(C)O. The summed E-state index contributed by atoms with van der Waals surface area (Å²) in [5.74, 6) is 0. The van der Waals surface area contributed by atoms with Crippen LogP contribution in [0.5, 0.6) is 0 Å². The zero-order valence-electron chi connectivity index (χ0n) is 11.7. The largest absolute Gasteiger partial charge is 0.391 e. The molecule has 0 bridgehead atoms. The first-order chi connectivity index (χ1) is 8.99. The normalized spacial score (nSPS) is 14.1. The van der Waals surface area contributed by atoms with Gasteiger partial charge in [-0.2, -0.15) is 0 Å². The van der Waals surface area contributed by atoms with E-state index >= 15 is 0 Å². The molecule has 1 unspecified atom stereocenters. The Morgan fingerprint density at radius 1 is 1.40 bits per heavy atom. The predicted molar refractivity (Wildman–Crippen MR) is 73.9 cm³/mol. The third kappa shape index (κ3) is 3.33. The maximum absolute atomic E-state index is 12.4. The highest BCUT2D eigenvalue weighted by molar-refractivity contribution is 7.89. The highest BCUT2D eigenvalue weighted by Crippen LogP contribution is 2.28. The van der Waals surface area contributed by atoms with Crippen LogP contribution in [0.1, 0.15) is 26.3 Å². The van der Waals surface area contributed by atoms with Crippen LogP contribution in [0.15, 0.2) is 23.1 Å². The smallest absolute Gasteiger partial charge is 0.289 e. The number of nitro groups is 1. The van der Waals surface area contributed by atoms with Gasteiger partial charge in [-0.1, -0.05) is 12.1 Å². The van der Waals surface area contributed by atoms with Crippen LogP contribution in [0.4, 0.5) is 5.69 Å². The van der Waals surface area contributed by atoms with E-state index < -0.39 is 32.3 Å². The molecule has 0 heterocycles. The topological polar surface area (TPSA) is 110 Å². The Labute approximate surface area is 117 Å². The lowest BCUT2D eigenvalue weighted by molar-refractivity contribution is -0.387. The van der Waals surface area contributed by atoms with Gasteiger partial charge in [-0.3, -0.25) is 10.1 Å². The average Bonchev–Trinajstić information content (AvgIpc) is 2.26. The standard InChI is InChI=1S/C12H18N2O5S/c1-8-6-5-7-10(14(16)17)11(8)20(18,19)13-12(3,4)9(2)15/h5-7,9,13,15H,1-4H3. The molecule has 2 N–H and O–H groups in total. The second kappa shape index (κ2) is 5.47. The number of sulfonamides is 1. The lowest BCUT2D eigenvalue weighted by atomic mass is 10.0. The van der Waals surface area contributed by atoms with Gasteiger partial charge in [0.25, 0.3) is 5.69 Å². The van der Waals surface area contributed by atoms with Gasteiger partial charge in [0.2, 0.25) is 10.0 Å². The second-order valence-corrected chi connectivity index (χ2v) is 6.80. The van der Waals surface area contributed by atoms with E-state index in [2.05, 4.69) is 4.72 Å². The molecule has 0 aliphatic carbocycles. The fourth-order valence-corrected chi connectivity index (χ4v) is 3.49. The number of aryl methyl sites for hydroxylation is 1. The van der Waals surface area contributed by atoms with Gasteiger partial charge < -0.3 is 5.11 Å². The van der Waals surface area contributed by atoms with Crippen LogP contribution in [0.3, 0.4) is 0 Å². The lowest BCUT2D eigenvalue weighted by Gasteiger charge is -2.29. The minimum absolute atomic E-state index is 0.271. The van der Waals surface area contributed by atoms with Gasteiger partial charge >= 0.3 is 0 Å². The number of hydrogen-bond acceptors (Lipinski definition) is 5. The summed E-state index contributed by atoms with van der Waals surface area (Å²) in [5.41, 5.74) is -1.36. The summed E-state index contributed by atoms with van der Waals surface area (Å²) in [6, 6.07) is 4.04. The monoisotopic (exact) mass is 302 g/mol. The van der Waals surface area contributed by atoms with Crippen LogP contribution < -0.4 is 4.72 Å². The van der Waals surface area contributed by atoms with Crippen molar-refractivity contribution in [2.75, 3.05) is 0 Å². The third-order valence-electron chi connectivity index (χ3n) is 3.10. The molecule has 7 nitrogen and oxygen atoms in total. The molecule has 0 fully saturated rings. The van der Waals surface area contributed by atoms with E-state index in [1.54, 1.807) is 0 Å². The molecule has 0 amide bonds. The number of aliphatic hydroxyl groups excluding tert-OH is 1. The Morgan fingerprint density at radius 3 is 2.40 bits per heavy atom. The summed E-state index contributed by atoms with van der Waals surface area (Å²) in [6.45, 7) is 5.92. The summed E-state index contributed by atoms with van der Waals surface area (Å²) in [4.78, 5) is 9.87. The van der Waals surface area contributed by atoms with Crippen LogP contribution in [0, 0.1) is 17.0 Å². The van der Waals surface area contributed by atoms with E-state index in [-0.39, 0.29) is 10.5 Å². The number of aliphatic hydroxyl groups is 1. The maximum Gasteiger partial charge on any atom is 0.289 e. The summed E-state index contributed by atoms with van der Waals surface area (Å²) in [6.07, 6.45) is -0.958. The van der Waals surface area contributed by atoms with Crippen LogP contribution in [-0.2, 0) is 10.0 Å². The van der Waals surface area contributed by atoms with Crippen LogP contribution in [-0.4, -0.2) is 30.1 Å². The number of nitro benzene ring substituents is 1. The van der Waals surface area contributed by atoms with Gasteiger partial charge in [0.1, 0.15) is 0 Å². The van der Waals surface area contributed by atoms with E-state index in [0.29, 0.717) is 0 Å². The van der Waals surface area contributed by atoms with E-state index in [1.807, 2.05) is 0 Å². The van der Waals surface area contributed by atoms with Crippen molar-refractivity contribution in [3.8, 4) is 0 Å². The number of benzene rings is 1. The van der Waals surface area contributed by atoms with Crippen molar-refractivity contribution in [2.45, 2.75) is 44.2 Å². The van der Waals surface area contributed by atoms with Gasteiger partial charge in [-0.15, -0.1) is 0 Å². The van der Waals surface area contributed by atoms with Crippen molar-refractivity contribution >= 4 is 15.7 Å². The molecule has 0 spiro atoms. The van der Waals surface area contributed by atoms with Crippen LogP contribution in [0.2, 0.25) is 0 Å². The minimum atomic E-state index is -4.12. The average molecular weight is 302 g/mol. The molecule has 20 heavy (non-hydrogen) atoms. The molecule has 0 aliphatic heterocycles. The van der Waals surface area contributed by atoms with Crippen molar-refractivity contribution in [1.82, 2.24) is 4.72 Å². The molecule has 0 saturated heterocycles. The van der Waals surface area contributed by atoms with Crippen molar-refractivity contribution in [1.29, 1.82) is 0 Å². The molecule has 0 aromatic heterocycles. The molecular formula is C12H18N2O5S. The Hall–Kier alpha value is -1.51. The zero-order valence-corrected chi connectivity index (χ0v) is 12.6. The van der Waals surface area contributed by atoms with Crippen molar-refractivity contribution in [2.24, 2.45) is 0 Å². The Bertz CT molecular complexity index is 623. The number of hydrogen-bond donors (Lipinski definition) is 2. The molecule has 0 aliphatic rings.